The normalized spacial score (nSPS) is 15.4. The van der Waals surface area contributed by atoms with E-state index in [1.54, 1.807) is 35.6 Å². The highest BCUT2D eigenvalue weighted by atomic mass is 32.2. The molecular weight excluding hydrogens is 444 g/mol. The summed E-state index contributed by atoms with van der Waals surface area (Å²) in [4.78, 5) is 46.6. The van der Waals surface area contributed by atoms with Crippen LogP contribution in [0, 0.1) is 0 Å². The van der Waals surface area contributed by atoms with Gasteiger partial charge in [0.15, 0.2) is 0 Å². The smallest absolute Gasteiger partial charge is 0.259 e. The summed E-state index contributed by atoms with van der Waals surface area (Å²) in [7, 11) is 0. The molecule has 3 aromatic rings. The SMILES string of the molecule is O=C(CSCc1nc2sc3c(c2c(=O)[nH]1)CCCC3)Nc1ccc(C(=O)NC2CC2)cc1. The zero-order valence-electron chi connectivity index (χ0n) is 17.5. The van der Waals surface area contributed by atoms with Gasteiger partial charge in [-0.25, -0.2) is 4.98 Å². The number of hydrogen-bond donors (Lipinski definition) is 3. The number of thiophene rings is 1. The van der Waals surface area contributed by atoms with E-state index in [-0.39, 0.29) is 23.1 Å². The van der Waals surface area contributed by atoms with Crippen LogP contribution >= 0.6 is 23.1 Å². The third kappa shape index (κ3) is 4.73. The molecule has 166 valence electrons. The number of rotatable bonds is 7. The number of benzene rings is 1. The Balaban J connectivity index is 1.15. The van der Waals surface area contributed by atoms with Crippen LogP contribution in [0.15, 0.2) is 29.1 Å². The molecule has 0 aliphatic heterocycles. The van der Waals surface area contributed by atoms with E-state index in [4.69, 9.17) is 0 Å². The van der Waals surface area contributed by atoms with Gasteiger partial charge in [0, 0.05) is 22.2 Å². The standard InChI is InChI=1S/C23H24N4O3S2/c28-19(24-14-7-5-13(6-8-14)21(29)25-15-9-10-15)12-31-11-18-26-22(30)20-16-3-1-2-4-17(16)32-23(20)27-18/h5-8,15H,1-4,9-12H2,(H,24,28)(H,25,29)(H,26,27,30). The summed E-state index contributed by atoms with van der Waals surface area (Å²) in [5, 5.41) is 6.54. The molecule has 2 heterocycles. The Morgan fingerprint density at radius 1 is 1.16 bits per heavy atom. The van der Waals surface area contributed by atoms with E-state index in [1.807, 2.05) is 0 Å². The molecule has 0 saturated heterocycles. The Bertz CT molecular complexity index is 1230. The van der Waals surface area contributed by atoms with Crippen LogP contribution in [0.5, 0.6) is 0 Å². The second-order valence-electron chi connectivity index (χ2n) is 8.27. The van der Waals surface area contributed by atoms with Crippen LogP contribution in [0.3, 0.4) is 0 Å². The van der Waals surface area contributed by atoms with Crippen molar-refractivity contribution in [3.05, 3.63) is 56.4 Å². The summed E-state index contributed by atoms with van der Waals surface area (Å²) in [5.74, 6) is 1.09. The summed E-state index contributed by atoms with van der Waals surface area (Å²) in [5.41, 5.74) is 2.35. The minimum atomic E-state index is -0.139. The van der Waals surface area contributed by atoms with Gasteiger partial charge < -0.3 is 15.6 Å². The fraction of sp³-hybridized carbons (Fsp3) is 0.391. The van der Waals surface area contributed by atoms with Crippen molar-refractivity contribution in [2.45, 2.75) is 50.3 Å². The summed E-state index contributed by atoms with van der Waals surface area (Å²) in [6, 6.07) is 7.20. The van der Waals surface area contributed by atoms with Crippen molar-refractivity contribution in [3.8, 4) is 0 Å². The van der Waals surface area contributed by atoms with Gasteiger partial charge in [-0.3, -0.25) is 14.4 Å². The molecule has 2 aliphatic carbocycles. The number of hydrogen-bond acceptors (Lipinski definition) is 6. The topological polar surface area (TPSA) is 104 Å². The molecular formula is C23H24N4O3S2. The average Bonchev–Trinajstić information content (AvgIpc) is 3.51. The third-order valence-electron chi connectivity index (χ3n) is 5.69. The molecule has 5 rings (SSSR count). The van der Waals surface area contributed by atoms with Gasteiger partial charge in [0.05, 0.1) is 16.9 Å². The molecule has 0 atom stereocenters. The predicted octanol–water partition coefficient (Wildman–Crippen LogP) is 3.63. The molecule has 1 saturated carbocycles. The lowest BCUT2D eigenvalue weighted by Gasteiger charge is -2.09. The minimum absolute atomic E-state index is 0.0692. The highest BCUT2D eigenvalue weighted by Gasteiger charge is 2.23. The molecule has 2 aromatic heterocycles. The van der Waals surface area contributed by atoms with Crippen LogP contribution < -0.4 is 16.2 Å². The summed E-state index contributed by atoms with van der Waals surface area (Å²) in [6.07, 6.45) is 6.38. The van der Waals surface area contributed by atoms with Crippen LogP contribution in [0.25, 0.3) is 10.2 Å². The average molecular weight is 469 g/mol. The van der Waals surface area contributed by atoms with Crippen LogP contribution in [0.1, 0.15) is 52.3 Å². The predicted molar refractivity (Wildman–Crippen MR) is 129 cm³/mol. The number of thioether (sulfide) groups is 1. The van der Waals surface area contributed by atoms with Gasteiger partial charge in [-0.15, -0.1) is 23.1 Å². The maximum atomic E-state index is 12.6. The molecule has 32 heavy (non-hydrogen) atoms. The number of H-pyrrole nitrogens is 1. The first-order valence-corrected chi connectivity index (χ1v) is 12.9. The molecule has 7 nitrogen and oxygen atoms in total. The molecule has 2 amide bonds. The van der Waals surface area contributed by atoms with Gasteiger partial charge in [0.25, 0.3) is 11.5 Å². The summed E-state index contributed by atoms with van der Waals surface area (Å²) in [6.45, 7) is 0. The van der Waals surface area contributed by atoms with Crippen molar-refractivity contribution < 1.29 is 9.59 Å². The number of anilines is 1. The fourth-order valence-corrected chi connectivity index (χ4v) is 5.89. The number of fused-ring (bicyclic) bond motifs is 3. The maximum absolute atomic E-state index is 12.6. The van der Waals surface area contributed by atoms with Crippen molar-refractivity contribution in [2.75, 3.05) is 11.1 Å². The molecule has 0 unspecified atom stereocenters. The van der Waals surface area contributed by atoms with E-state index in [2.05, 4.69) is 20.6 Å². The summed E-state index contributed by atoms with van der Waals surface area (Å²) >= 11 is 3.03. The van der Waals surface area contributed by atoms with E-state index in [9.17, 15) is 14.4 Å². The van der Waals surface area contributed by atoms with Gasteiger partial charge in [0.2, 0.25) is 5.91 Å². The van der Waals surface area contributed by atoms with Crippen LogP contribution in [-0.2, 0) is 23.4 Å². The van der Waals surface area contributed by atoms with Crippen molar-refractivity contribution in [2.24, 2.45) is 0 Å². The Morgan fingerprint density at radius 2 is 1.94 bits per heavy atom. The highest BCUT2D eigenvalue weighted by molar-refractivity contribution is 7.99. The van der Waals surface area contributed by atoms with Gasteiger partial charge in [0.1, 0.15) is 10.7 Å². The highest BCUT2D eigenvalue weighted by Crippen LogP contribution is 2.33. The zero-order valence-corrected chi connectivity index (χ0v) is 19.2. The van der Waals surface area contributed by atoms with Crippen molar-refractivity contribution >= 4 is 50.8 Å². The molecule has 2 aliphatic rings. The largest absolute Gasteiger partial charge is 0.349 e. The minimum Gasteiger partial charge on any atom is -0.349 e. The lowest BCUT2D eigenvalue weighted by atomic mass is 9.97. The molecule has 0 spiro atoms. The number of aromatic nitrogens is 2. The number of amides is 2. The Labute approximate surface area is 193 Å². The van der Waals surface area contributed by atoms with Crippen molar-refractivity contribution in [1.82, 2.24) is 15.3 Å². The molecule has 0 bridgehead atoms. The first-order chi connectivity index (χ1) is 15.6. The molecule has 1 aromatic carbocycles. The molecule has 0 radical (unpaired) electrons. The number of nitrogens with one attached hydrogen (secondary N) is 3. The Morgan fingerprint density at radius 3 is 2.72 bits per heavy atom. The number of nitrogens with zero attached hydrogens (tertiary/aromatic N) is 1. The van der Waals surface area contributed by atoms with E-state index in [1.165, 1.54) is 28.6 Å². The summed E-state index contributed by atoms with van der Waals surface area (Å²) < 4.78 is 0. The van der Waals surface area contributed by atoms with Gasteiger partial charge in [-0.2, -0.15) is 0 Å². The quantitative estimate of drug-likeness (QED) is 0.491. The van der Waals surface area contributed by atoms with Crippen molar-refractivity contribution in [1.29, 1.82) is 0 Å². The van der Waals surface area contributed by atoms with Crippen LogP contribution in [-0.4, -0.2) is 33.6 Å². The van der Waals surface area contributed by atoms with Crippen molar-refractivity contribution in [3.63, 3.8) is 0 Å². The van der Waals surface area contributed by atoms with Crippen LogP contribution in [0.4, 0.5) is 5.69 Å². The molecule has 1 fully saturated rings. The number of aromatic amines is 1. The number of carbonyl (C=O) groups excluding carboxylic acids is 2. The first kappa shape index (κ1) is 21.2. The van der Waals surface area contributed by atoms with Gasteiger partial charge in [-0.05, 0) is 68.4 Å². The van der Waals surface area contributed by atoms with E-state index in [0.717, 1.165) is 42.3 Å². The van der Waals surface area contributed by atoms with E-state index >= 15 is 0 Å². The molecule has 9 heteroatoms. The lowest BCUT2D eigenvalue weighted by molar-refractivity contribution is -0.113. The molecule has 3 N–H and O–H groups in total. The Kier molecular flexibility index (Phi) is 6.01. The Hall–Kier alpha value is -2.65. The lowest BCUT2D eigenvalue weighted by Crippen LogP contribution is -2.25. The third-order valence-corrected chi connectivity index (χ3v) is 7.82. The van der Waals surface area contributed by atoms with E-state index in [0.29, 0.717) is 28.9 Å². The van der Waals surface area contributed by atoms with Gasteiger partial charge in [-0.1, -0.05) is 0 Å². The monoisotopic (exact) mass is 468 g/mol. The second-order valence-corrected chi connectivity index (χ2v) is 10.3. The fourth-order valence-electron chi connectivity index (χ4n) is 3.92. The number of aryl methyl sites for hydroxylation is 2. The second kappa shape index (κ2) is 9.07. The number of carbonyl (C=O) groups is 2. The van der Waals surface area contributed by atoms with Crippen LogP contribution in [0.2, 0.25) is 0 Å². The zero-order chi connectivity index (χ0) is 22.1. The van der Waals surface area contributed by atoms with E-state index < -0.39 is 0 Å². The van der Waals surface area contributed by atoms with Gasteiger partial charge >= 0.3 is 0 Å². The first-order valence-electron chi connectivity index (χ1n) is 10.9. The maximum Gasteiger partial charge on any atom is 0.259 e.